The topological polar surface area (TPSA) is 117 Å². The summed E-state index contributed by atoms with van der Waals surface area (Å²) in [5, 5.41) is 8.96. The lowest BCUT2D eigenvalue weighted by atomic mass is 10.2. The van der Waals surface area contributed by atoms with E-state index in [1.54, 1.807) is 20.8 Å². The van der Waals surface area contributed by atoms with Crippen LogP contribution in [0.2, 0.25) is 0 Å². The van der Waals surface area contributed by atoms with Crippen LogP contribution in [-0.4, -0.2) is 35.8 Å². The van der Waals surface area contributed by atoms with E-state index >= 15 is 0 Å². The molecule has 130 valence electrons. The van der Waals surface area contributed by atoms with Gasteiger partial charge in [0.05, 0.1) is 11.5 Å². The first-order chi connectivity index (χ1) is 11.1. The van der Waals surface area contributed by atoms with Crippen molar-refractivity contribution >= 4 is 16.0 Å². The molecule has 1 heterocycles. The van der Waals surface area contributed by atoms with E-state index in [-0.39, 0.29) is 28.9 Å². The number of carbonyl (C=O) groups excluding carboxylic acids is 1. The van der Waals surface area contributed by atoms with Gasteiger partial charge < -0.3 is 4.74 Å². The van der Waals surface area contributed by atoms with Crippen LogP contribution in [0, 0.1) is 5.82 Å². The summed E-state index contributed by atoms with van der Waals surface area (Å²) in [6, 6.07) is 3.16. The summed E-state index contributed by atoms with van der Waals surface area (Å²) in [5.74, 6) is -1.61. The predicted molar refractivity (Wildman–Crippen MR) is 82.7 cm³/mol. The monoisotopic (exact) mass is 356 g/mol. The number of hydrogen-bond acceptors (Lipinski definition) is 6. The van der Waals surface area contributed by atoms with Crippen molar-refractivity contribution in [2.24, 2.45) is 5.14 Å². The molecular formula is C14H17FN4O4S. The molecule has 0 aliphatic rings. The van der Waals surface area contributed by atoms with Gasteiger partial charge in [-0.15, -0.1) is 5.10 Å². The molecule has 0 saturated carbocycles. The zero-order chi connectivity index (χ0) is 18.1. The fourth-order valence-electron chi connectivity index (χ4n) is 1.99. The Bertz CT molecular complexity index is 877. The molecule has 24 heavy (non-hydrogen) atoms. The Kier molecular flexibility index (Phi) is 4.99. The number of ether oxygens (including phenoxy) is 1. The van der Waals surface area contributed by atoms with Crippen molar-refractivity contribution < 1.29 is 22.3 Å². The average Bonchev–Trinajstić information content (AvgIpc) is 2.91. The first kappa shape index (κ1) is 18.0. The lowest BCUT2D eigenvalue weighted by Crippen LogP contribution is -2.14. The number of nitrogens with two attached hydrogens (primary N) is 1. The van der Waals surface area contributed by atoms with Crippen LogP contribution in [0.4, 0.5) is 4.39 Å². The Morgan fingerprint density at radius 3 is 2.58 bits per heavy atom. The summed E-state index contributed by atoms with van der Waals surface area (Å²) in [7, 11) is -4.03. The molecule has 2 aromatic rings. The third-order valence-corrected chi connectivity index (χ3v) is 3.99. The summed E-state index contributed by atoms with van der Waals surface area (Å²) >= 11 is 0. The molecule has 2 N–H and O–H groups in total. The number of nitrogens with zero attached hydrogens (tertiary/aromatic N) is 3. The molecule has 0 fully saturated rings. The summed E-state index contributed by atoms with van der Waals surface area (Å²) in [4.78, 5) is 15.5. The van der Waals surface area contributed by atoms with E-state index < -0.39 is 21.8 Å². The smallest absolute Gasteiger partial charge is 0.378 e. The predicted octanol–water partition coefficient (Wildman–Crippen LogP) is 1.35. The quantitative estimate of drug-likeness (QED) is 0.808. The number of rotatable bonds is 5. The van der Waals surface area contributed by atoms with Gasteiger partial charge in [-0.3, -0.25) is 0 Å². The van der Waals surface area contributed by atoms with E-state index in [9.17, 15) is 17.6 Å². The minimum Gasteiger partial charge on any atom is -0.460 e. The third-order valence-electron chi connectivity index (χ3n) is 3.08. The van der Waals surface area contributed by atoms with Crippen LogP contribution in [0.15, 0.2) is 23.1 Å². The van der Waals surface area contributed by atoms with E-state index in [0.29, 0.717) is 5.82 Å². The molecule has 0 unspecified atom stereocenters. The van der Waals surface area contributed by atoms with Gasteiger partial charge in [0.2, 0.25) is 10.0 Å². The molecule has 1 aromatic carbocycles. The van der Waals surface area contributed by atoms with Crippen molar-refractivity contribution in [1.29, 1.82) is 0 Å². The molecule has 0 amide bonds. The largest absolute Gasteiger partial charge is 0.460 e. The normalized spacial score (nSPS) is 11.8. The number of primary sulfonamides is 1. The molecule has 0 bridgehead atoms. The van der Waals surface area contributed by atoms with Crippen molar-refractivity contribution in [3.63, 3.8) is 0 Å². The Morgan fingerprint density at radius 1 is 1.42 bits per heavy atom. The Morgan fingerprint density at radius 2 is 2.08 bits per heavy atom. The molecule has 1 aromatic heterocycles. The third kappa shape index (κ3) is 3.60. The van der Waals surface area contributed by atoms with Crippen LogP contribution in [-0.2, 0) is 14.8 Å². The second-order valence-corrected chi connectivity index (χ2v) is 6.80. The Labute approximate surface area is 138 Å². The van der Waals surface area contributed by atoms with E-state index in [1.807, 2.05) is 0 Å². The highest BCUT2D eigenvalue weighted by Crippen LogP contribution is 2.22. The van der Waals surface area contributed by atoms with E-state index in [1.165, 1.54) is 6.07 Å². The summed E-state index contributed by atoms with van der Waals surface area (Å²) in [6.45, 7) is 5.39. The standard InChI is InChI=1S/C14H17FN4O4S/c1-4-23-14(20)12-17-13(8(2)3)19(18-12)11-6-5-9(7-10(11)15)24(16,21)22/h5-8H,4H2,1-3H3,(H2,16,21,22). The van der Waals surface area contributed by atoms with Crippen molar-refractivity contribution in [2.45, 2.75) is 31.6 Å². The van der Waals surface area contributed by atoms with Gasteiger partial charge >= 0.3 is 5.97 Å². The average molecular weight is 356 g/mol. The highest BCUT2D eigenvalue weighted by atomic mass is 32.2. The lowest BCUT2D eigenvalue weighted by molar-refractivity contribution is 0.0512. The van der Waals surface area contributed by atoms with Gasteiger partial charge in [0.25, 0.3) is 5.82 Å². The van der Waals surface area contributed by atoms with Gasteiger partial charge in [-0.25, -0.2) is 32.4 Å². The molecule has 0 spiro atoms. The number of carbonyl (C=O) groups is 1. The van der Waals surface area contributed by atoms with Crippen LogP contribution in [0.1, 0.15) is 43.1 Å². The molecule has 0 aliphatic heterocycles. The highest BCUT2D eigenvalue weighted by Gasteiger charge is 2.22. The Hall–Kier alpha value is -2.33. The van der Waals surface area contributed by atoms with Crippen LogP contribution >= 0.6 is 0 Å². The van der Waals surface area contributed by atoms with E-state index in [2.05, 4.69) is 10.1 Å². The van der Waals surface area contributed by atoms with Crippen molar-refractivity contribution in [3.8, 4) is 5.69 Å². The van der Waals surface area contributed by atoms with Crippen LogP contribution in [0.5, 0.6) is 0 Å². The maximum absolute atomic E-state index is 14.3. The number of aromatic nitrogens is 3. The molecule has 8 nitrogen and oxygen atoms in total. The first-order valence-corrected chi connectivity index (χ1v) is 8.66. The SMILES string of the molecule is CCOC(=O)c1nc(C(C)C)n(-c2ccc(S(N)(=O)=O)cc2F)n1. The van der Waals surface area contributed by atoms with Crippen LogP contribution in [0.25, 0.3) is 5.69 Å². The summed E-state index contributed by atoms with van der Waals surface area (Å²) in [6.07, 6.45) is 0. The maximum Gasteiger partial charge on any atom is 0.378 e. The van der Waals surface area contributed by atoms with Crippen molar-refractivity contribution in [3.05, 3.63) is 35.7 Å². The number of halogens is 1. The Balaban J connectivity index is 2.57. The minimum absolute atomic E-state index is 0.0471. The highest BCUT2D eigenvalue weighted by molar-refractivity contribution is 7.89. The van der Waals surface area contributed by atoms with Crippen LogP contribution in [0.3, 0.4) is 0 Å². The fraction of sp³-hybridized carbons (Fsp3) is 0.357. The second-order valence-electron chi connectivity index (χ2n) is 5.24. The summed E-state index contributed by atoms with van der Waals surface area (Å²) < 4.78 is 42.9. The minimum atomic E-state index is -4.03. The molecular weight excluding hydrogens is 339 g/mol. The van der Waals surface area contributed by atoms with Gasteiger partial charge in [-0.1, -0.05) is 13.8 Å². The zero-order valence-electron chi connectivity index (χ0n) is 13.4. The molecule has 0 saturated heterocycles. The van der Waals surface area contributed by atoms with E-state index in [0.717, 1.165) is 16.8 Å². The number of hydrogen-bond donors (Lipinski definition) is 1. The molecule has 2 rings (SSSR count). The maximum atomic E-state index is 14.3. The first-order valence-electron chi connectivity index (χ1n) is 7.12. The second kappa shape index (κ2) is 6.65. The number of esters is 1. The zero-order valence-corrected chi connectivity index (χ0v) is 14.2. The molecule has 0 atom stereocenters. The lowest BCUT2D eigenvalue weighted by Gasteiger charge is -2.09. The summed E-state index contributed by atoms with van der Waals surface area (Å²) in [5.41, 5.74) is -0.0471. The van der Waals surface area contributed by atoms with E-state index in [4.69, 9.17) is 9.88 Å². The van der Waals surface area contributed by atoms with Gasteiger partial charge in [-0.2, -0.15) is 0 Å². The van der Waals surface area contributed by atoms with Crippen molar-refractivity contribution in [1.82, 2.24) is 14.8 Å². The van der Waals surface area contributed by atoms with Gasteiger partial charge in [0, 0.05) is 5.92 Å². The molecule has 0 radical (unpaired) electrons. The number of benzene rings is 1. The van der Waals surface area contributed by atoms with Gasteiger partial charge in [0.1, 0.15) is 17.3 Å². The van der Waals surface area contributed by atoms with Gasteiger partial charge in [-0.05, 0) is 25.1 Å². The van der Waals surface area contributed by atoms with Crippen LogP contribution < -0.4 is 5.14 Å². The van der Waals surface area contributed by atoms with Gasteiger partial charge in [0.15, 0.2) is 0 Å². The molecule has 0 aliphatic carbocycles. The number of sulfonamides is 1. The van der Waals surface area contributed by atoms with Crippen molar-refractivity contribution in [2.75, 3.05) is 6.61 Å². The molecule has 10 heteroatoms. The fourth-order valence-corrected chi connectivity index (χ4v) is 2.52.